The van der Waals surface area contributed by atoms with Gasteiger partial charge in [-0.2, -0.15) is 0 Å². The number of rotatable bonds is 5. The summed E-state index contributed by atoms with van der Waals surface area (Å²) in [4.78, 5) is 9.43. The van der Waals surface area contributed by atoms with Crippen LogP contribution in [0.3, 0.4) is 0 Å². The lowest BCUT2D eigenvalue weighted by Gasteiger charge is -2.21. The van der Waals surface area contributed by atoms with Crippen LogP contribution in [0.1, 0.15) is 71.2 Å². The summed E-state index contributed by atoms with van der Waals surface area (Å²) in [6.45, 7) is 14.1. The lowest BCUT2D eigenvalue weighted by atomic mass is 9.92. The largest absolute Gasteiger partial charge is 0.370 e. The number of nitrogens with one attached hydrogen (secondary N) is 2. The standard InChI is InChI=1S/C17H30N4/c1-7-18-15-12(4)16(21-14(20-15)11(2)3)19-13-8-9-17(5,6)10-13/h11,13H,7-10H2,1-6H3,(H2,18,19,20,21). The van der Waals surface area contributed by atoms with E-state index in [-0.39, 0.29) is 0 Å². The molecule has 0 aliphatic heterocycles. The maximum Gasteiger partial charge on any atom is 0.135 e. The summed E-state index contributed by atoms with van der Waals surface area (Å²) in [6.07, 6.45) is 3.72. The molecule has 0 saturated heterocycles. The first-order chi connectivity index (χ1) is 9.82. The molecule has 1 unspecified atom stereocenters. The summed E-state index contributed by atoms with van der Waals surface area (Å²) in [7, 11) is 0. The molecule has 1 atom stereocenters. The van der Waals surface area contributed by atoms with Crippen molar-refractivity contribution in [2.45, 2.75) is 72.8 Å². The van der Waals surface area contributed by atoms with Crippen LogP contribution < -0.4 is 10.6 Å². The fraction of sp³-hybridized carbons (Fsp3) is 0.765. The van der Waals surface area contributed by atoms with E-state index in [0.29, 0.717) is 17.4 Å². The van der Waals surface area contributed by atoms with Crippen molar-refractivity contribution in [1.29, 1.82) is 0 Å². The summed E-state index contributed by atoms with van der Waals surface area (Å²) < 4.78 is 0. The highest BCUT2D eigenvalue weighted by Crippen LogP contribution is 2.38. The van der Waals surface area contributed by atoms with Crippen LogP contribution in [-0.2, 0) is 0 Å². The first kappa shape index (κ1) is 16.1. The average molecular weight is 290 g/mol. The Hall–Kier alpha value is -1.32. The summed E-state index contributed by atoms with van der Waals surface area (Å²) in [5, 5.41) is 7.03. The van der Waals surface area contributed by atoms with Crippen molar-refractivity contribution in [3.8, 4) is 0 Å². The van der Waals surface area contributed by atoms with Crippen LogP contribution in [0, 0.1) is 12.3 Å². The van der Waals surface area contributed by atoms with Gasteiger partial charge in [0.05, 0.1) is 0 Å². The van der Waals surface area contributed by atoms with E-state index in [1.807, 2.05) is 0 Å². The molecule has 0 amide bonds. The zero-order chi connectivity index (χ0) is 15.6. The van der Waals surface area contributed by atoms with Gasteiger partial charge in [0.1, 0.15) is 17.5 Å². The Morgan fingerprint density at radius 2 is 1.90 bits per heavy atom. The van der Waals surface area contributed by atoms with E-state index in [1.54, 1.807) is 0 Å². The fourth-order valence-electron chi connectivity index (χ4n) is 3.02. The Kier molecular flexibility index (Phi) is 4.74. The third-order valence-corrected chi connectivity index (χ3v) is 4.33. The highest BCUT2D eigenvalue weighted by atomic mass is 15.1. The molecule has 2 rings (SSSR count). The van der Waals surface area contributed by atoms with Crippen molar-refractivity contribution in [2.75, 3.05) is 17.2 Å². The molecule has 0 radical (unpaired) electrons. The van der Waals surface area contributed by atoms with Gasteiger partial charge in [-0.05, 0) is 38.5 Å². The third-order valence-electron chi connectivity index (χ3n) is 4.33. The van der Waals surface area contributed by atoms with Crippen LogP contribution in [0.15, 0.2) is 0 Å². The number of hydrogen-bond donors (Lipinski definition) is 2. The lowest BCUT2D eigenvalue weighted by molar-refractivity contribution is 0.378. The van der Waals surface area contributed by atoms with E-state index in [9.17, 15) is 0 Å². The molecule has 0 aromatic carbocycles. The molecule has 1 aliphatic carbocycles. The first-order valence-corrected chi connectivity index (χ1v) is 8.21. The maximum atomic E-state index is 4.76. The minimum Gasteiger partial charge on any atom is -0.370 e. The van der Waals surface area contributed by atoms with E-state index >= 15 is 0 Å². The fourth-order valence-corrected chi connectivity index (χ4v) is 3.02. The van der Waals surface area contributed by atoms with E-state index in [0.717, 1.165) is 29.6 Å². The predicted octanol–water partition coefficient (Wildman–Crippen LogP) is 4.33. The van der Waals surface area contributed by atoms with Crippen LogP contribution >= 0.6 is 0 Å². The SMILES string of the molecule is CCNc1nc(C(C)C)nc(NC2CCC(C)(C)C2)c1C. The van der Waals surface area contributed by atoms with Crippen LogP contribution in [0.4, 0.5) is 11.6 Å². The summed E-state index contributed by atoms with van der Waals surface area (Å²) in [6, 6.07) is 0.531. The molecule has 21 heavy (non-hydrogen) atoms. The van der Waals surface area contributed by atoms with Gasteiger partial charge < -0.3 is 10.6 Å². The molecule has 1 aliphatic rings. The Bertz CT molecular complexity index is 494. The molecule has 4 heteroatoms. The van der Waals surface area contributed by atoms with Gasteiger partial charge in [-0.3, -0.25) is 0 Å². The van der Waals surface area contributed by atoms with Crippen molar-refractivity contribution in [2.24, 2.45) is 5.41 Å². The second-order valence-electron chi connectivity index (χ2n) is 7.34. The van der Waals surface area contributed by atoms with E-state index in [4.69, 9.17) is 4.98 Å². The van der Waals surface area contributed by atoms with Gasteiger partial charge in [0.25, 0.3) is 0 Å². The average Bonchev–Trinajstić information content (AvgIpc) is 2.73. The topological polar surface area (TPSA) is 49.8 Å². The van der Waals surface area contributed by atoms with Crippen molar-refractivity contribution >= 4 is 11.6 Å². The van der Waals surface area contributed by atoms with E-state index in [1.165, 1.54) is 19.3 Å². The molecule has 1 aromatic rings. The molecule has 1 saturated carbocycles. The highest BCUT2D eigenvalue weighted by molar-refractivity contribution is 5.57. The zero-order valence-corrected chi connectivity index (χ0v) is 14.4. The second-order valence-corrected chi connectivity index (χ2v) is 7.34. The molecular formula is C17H30N4. The van der Waals surface area contributed by atoms with Gasteiger partial charge in [0.2, 0.25) is 0 Å². The monoisotopic (exact) mass is 290 g/mol. The van der Waals surface area contributed by atoms with E-state index < -0.39 is 0 Å². The van der Waals surface area contributed by atoms with Gasteiger partial charge in [-0.15, -0.1) is 0 Å². The van der Waals surface area contributed by atoms with E-state index in [2.05, 4.69) is 57.2 Å². The highest BCUT2D eigenvalue weighted by Gasteiger charge is 2.31. The maximum absolute atomic E-state index is 4.76. The Morgan fingerprint density at radius 1 is 1.24 bits per heavy atom. The minimum absolute atomic E-state index is 0.337. The van der Waals surface area contributed by atoms with Crippen molar-refractivity contribution in [3.63, 3.8) is 0 Å². The minimum atomic E-state index is 0.337. The normalized spacial score (nSPS) is 20.8. The van der Waals surface area contributed by atoms with Gasteiger partial charge in [-0.1, -0.05) is 27.7 Å². The van der Waals surface area contributed by atoms with Gasteiger partial charge >= 0.3 is 0 Å². The second kappa shape index (κ2) is 6.20. The van der Waals surface area contributed by atoms with Crippen LogP contribution in [0.2, 0.25) is 0 Å². The summed E-state index contributed by atoms with van der Waals surface area (Å²) in [5.74, 6) is 3.23. The van der Waals surface area contributed by atoms with Gasteiger partial charge in [-0.25, -0.2) is 9.97 Å². The van der Waals surface area contributed by atoms with Gasteiger partial charge in [0.15, 0.2) is 0 Å². The van der Waals surface area contributed by atoms with Crippen molar-refractivity contribution in [3.05, 3.63) is 11.4 Å². The number of anilines is 2. The summed E-state index contributed by atoms with van der Waals surface area (Å²) >= 11 is 0. The lowest BCUT2D eigenvalue weighted by Crippen LogP contribution is -2.20. The third kappa shape index (κ3) is 3.86. The Labute approximate surface area is 129 Å². The number of hydrogen-bond acceptors (Lipinski definition) is 4. The molecule has 118 valence electrons. The van der Waals surface area contributed by atoms with Crippen molar-refractivity contribution in [1.82, 2.24) is 9.97 Å². The zero-order valence-electron chi connectivity index (χ0n) is 14.4. The Morgan fingerprint density at radius 3 is 2.43 bits per heavy atom. The first-order valence-electron chi connectivity index (χ1n) is 8.21. The molecule has 2 N–H and O–H groups in total. The molecule has 1 fully saturated rings. The predicted molar refractivity (Wildman–Crippen MR) is 90.1 cm³/mol. The summed E-state index contributed by atoms with van der Waals surface area (Å²) in [5.41, 5.74) is 1.58. The molecule has 1 heterocycles. The Balaban J connectivity index is 2.25. The number of nitrogens with zero attached hydrogens (tertiary/aromatic N) is 2. The molecule has 0 spiro atoms. The smallest absolute Gasteiger partial charge is 0.135 e. The number of aromatic nitrogens is 2. The molecule has 1 aromatic heterocycles. The van der Waals surface area contributed by atoms with Crippen LogP contribution in [0.25, 0.3) is 0 Å². The molecular weight excluding hydrogens is 260 g/mol. The van der Waals surface area contributed by atoms with Gasteiger partial charge in [0, 0.05) is 24.1 Å². The molecule has 0 bridgehead atoms. The van der Waals surface area contributed by atoms with Crippen LogP contribution in [-0.4, -0.2) is 22.6 Å². The van der Waals surface area contributed by atoms with Crippen molar-refractivity contribution < 1.29 is 0 Å². The molecule has 4 nitrogen and oxygen atoms in total. The quantitative estimate of drug-likeness (QED) is 0.847. The van der Waals surface area contributed by atoms with Crippen LogP contribution in [0.5, 0.6) is 0 Å².